The Morgan fingerprint density at radius 3 is 2.00 bits per heavy atom. The van der Waals surface area contributed by atoms with Gasteiger partial charge in [0.15, 0.2) is 5.78 Å². The lowest BCUT2D eigenvalue weighted by atomic mass is 9.83. The van der Waals surface area contributed by atoms with Gasteiger partial charge in [0, 0.05) is 73.7 Å². The minimum atomic E-state index is -0.150. The molecular formula is C40H54N2O3. The number of carbonyl (C=O) groups is 1. The van der Waals surface area contributed by atoms with Crippen molar-refractivity contribution in [2.24, 2.45) is 0 Å². The van der Waals surface area contributed by atoms with E-state index in [4.69, 9.17) is 4.74 Å². The van der Waals surface area contributed by atoms with E-state index in [1.165, 1.54) is 50.3 Å². The Labute approximate surface area is 271 Å². The van der Waals surface area contributed by atoms with Crippen LogP contribution in [0.15, 0.2) is 72.0 Å². The SMILES string of the molecule is CCCCN(CCCC)c1ccc(C2=C([O-])C(=Cc3ccc4ccccc4[n+]3CCCCCCCCCCCOC)C2=O)cc1. The molecule has 2 aromatic carbocycles. The summed E-state index contributed by atoms with van der Waals surface area (Å²) in [7, 11) is 1.77. The number of hydrogen-bond donors (Lipinski definition) is 0. The lowest BCUT2D eigenvalue weighted by Gasteiger charge is -2.31. The largest absolute Gasteiger partial charge is 0.871 e. The zero-order valence-electron chi connectivity index (χ0n) is 28.0. The van der Waals surface area contributed by atoms with Crippen molar-refractivity contribution in [2.45, 2.75) is 104 Å². The number of unbranched alkanes of at least 4 members (excludes halogenated alkanes) is 10. The number of pyridine rings is 1. The number of para-hydroxylation sites is 1. The minimum Gasteiger partial charge on any atom is -0.871 e. The lowest BCUT2D eigenvalue weighted by Crippen LogP contribution is -2.39. The summed E-state index contributed by atoms with van der Waals surface area (Å²) in [5.41, 5.74) is 4.53. The van der Waals surface area contributed by atoms with Gasteiger partial charge in [0.2, 0.25) is 11.2 Å². The van der Waals surface area contributed by atoms with Gasteiger partial charge in [-0.1, -0.05) is 95.2 Å². The first-order valence-electron chi connectivity index (χ1n) is 17.5. The number of benzene rings is 2. The van der Waals surface area contributed by atoms with E-state index < -0.39 is 0 Å². The number of ketones is 1. The van der Waals surface area contributed by atoms with Crippen LogP contribution in [0.3, 0.4) is 0 Å². The maximum atomic E-state index is 13.4. The second-order valence-corrected chi connectivity index (χ2v) is 12.5. The van der Waals surface area contributed by atoms with Gasteiger partial charge in [-0.05, 0) is 55.5 Å². The van der Waals surface area contributed by atoms with Gasteiger partial charge < -0.3 is 14.7 Å². The molecule has 3 aromatic rings. The van der Waals surface area contributed by atoms with E-state index in [0.717, 1.165) is 87.2 Å². The molecule has 1 aliphatic carbocycles. The van der Waals surface area contributed by atoms with Crippen molar-refractivity contribution in [2.75, 3.05) is 31.7 Å². The third kappa shape index (κ3) is 9.53. The first-order chi connectivity index (χ1) is 22.1. The first kappa shape index (κ1) is 34.4. The second-order valence-electron chi connectivity index (χ2n) is 12.5. The molecule has 5 nitrogen and oxygen atoms in total. The molecule has 45 heavy (non-hydrogen) atoms. The maximum absolute atomic E-state index is 13.4. The van der Waals surface area contributed by atoms with Crippen LogP contribution >= 0.6 is 0 Å². The van der Waals surface area contributed by atoms with Crippen LogP contribution in [0.4, 0.5) is 5.69 Å². The number of nitrogens with zero attached hydrogens (tertiary/aromatic N) is 2. The van der Waals surface area contributed by atoms with Gasteiger partial charge >= 0.3 is 0 Å². The summed E-state index contributed by atoms with van der Waals surface area (Å²) in [6.45, 7) is 8.22. The quantitative estimate of drug-likeness (QED) is 0.0690. The van der Waals surface area contributed by atoms with Crippen LogP contribution in [0, 0.1) is 0 Å². The molecule has 242 valence electrons. The van der Waals surface area contributed by atoms with Gasteiger partial charge in [-0.25, -0.2) is 0 Å². The molecule has 0 amide bonds. The molecule has 1 aromatic heterocycles. The number of aromatic nitrogens is 1. The lowest BCUT2D eigenvalue weighted by molar-refractivity contribution is -0.673. The molecule has 1 aliphatic rings. The molecule has 0 aliphatic heterocycles. The fourth-order valence-electron chi connectivity index (χ4n) is 6.27. The van der Waals surface area contributed by atoms with Crippen molar-refractivity contribution < 1.29 is 19.2 Å². The molecule has 5 heteroatoms. The van der Waals surface area contributed by atoms with Crippen molar-refractivity contribution in [1.82, 2.24) is 0 Å². The van der Waals surface area contributed by atoms with Crippen LogP contribution in [0.1, 0.15) is 109 Å². The first-order valence-corrected chi connectivity index (χ1v) is 17.5. The number of fused-ring (bicyclic) bond motifs is 1. The van der Waals surface area contributed by atoms with Crippen molar-refractivity contribution in [3.8, 4) is 0 Å². The molecule has 0 saturated carbocycles. The normalized spacial score (nSPS) is 14.0. The van der Waals surface area contributed by atoms with Crippen LogP contribution in [-0.2, 0) is 16.1 Å². The third-order valence-electron chi connectivity index (χ3n) is 9.02. The predicted octanol–water partition coefficient (Wildman–Crippen LogP) is 8.43. The van der Waals surface area contributed by atoms with E-state index in [9.17, 15) is 9.90 Å². The Balaban J connectivity index is 1.43. The van der Waals surface area contributed by atoms with Crippen LogP contribution in [-0.4, -0.2) is 32.6 Å². The predicted molar refractivity (Wildman–Crippen MR) is 186 cm³/mol. The summed E-state index contributed by atoms with van der Waals surface area (Å²) in [6, 6.07) is 20.5. The average Bonchev–Trinajstić information content (AvgIpc) is 3.07. The number of anilines is 1. The monoisotopic (exact) mass is 610 g/mol. The Bertz CT molecular complexity index is 1420. The summed E-state index contributed by atoms with van der Waals surface area (Å²) in [5, 5.41) is 14.5. The summed E-state index contributed by atoms with van der Waals surface area (Å²) < 4.78 is 7.42. The topological polar surface area (TPSA) is 56.5 Å². The van der Waals surface area contributed by atoms with Gasteiger partial charge in [0.1, 0.15) is 6.54 Å². The number of carbonyl (C=O) groups excluding carboxylic acids is 1. The summed E-state index contributed by atoms with van der Waals surface area (Å²) in [4.78, 5) is 15.8. The van der Waals surface area contributed by atoms with E-state index in [0.29, 0.717) is 5.57 Å². The molecular weight excluding hydrogens is 556 g/mol. The van der Waals surface area contributed by atoms with Gasteiger partial charge in [-0.2, -0.15) is 4.57 Å². The molecule has 0 atom stereocenters. The molecule has 0 bridgehead atoms. The summed E-state index contributed by atoms with van der Waals surface area (Å²) in [5.74, 6) is -0.299. The standard InChI is InChI=1S/C40H54N2O3/c1-4-6-27-41(28-7-5-2)34-24-22-33(23-25-34)38-39(43)36(40(38)44)31-35-26-21-32-19-15-16-20-37(32)42(35)29-17-13-11-9-8-10-12-14-18-30-45-3/h15-16,19-26,31H,4-14,17-18,27-30H2,1-3H3. The number of Topliss-reactive ketones (excluding diaryl/α,β-unsaturated/α-hetero) is 1. The molecule has 0 unspecified atom stereocenters. The Morgan fingerprint density at radius 1 is 0.756 bits per heavy atom. The van der Waals surface area contributed by atoms with Gasteiger partial charge in [0.25, 0.3) is 0 Å². The van der Waals surface area contributed by atoms with Crippen LogP contribution in [0.5, 0.6) is 0 Å². The summed E-state index contributed by atoms with van der Waals surface area (Å²) >= 11 is 0. The Morgan fingerprint density at radius 2 is 1.38 bits per heavy atom. The molecule has 0 spiro atoms. The van der Waals surface area contributed by atoms with E-state index >= 15 is 0 Å². The van der Waals surface area contributed by atoms with Crippen LogP contribution < -0.4 is 14.6 Å². The number of aryl methyl sites for hydroxylation is 1. The van der Waals surface area contributed by atoms with Crippen molar-refractivity contribution >= 4 is 34.0 Å². The number of rotatable bonds is 21. The van der Waals surface area contributed by atoms with E-state index in [1.54, 1.807) is 7.11 Å². The molecule has 0 saturated heterocycles. The zero-order valence-corrected chi connectivity index (χ0v) is 28.0. The minimum absolute atomic E-state index is 0.150. The van der Waals surface area contributed by atoms with Crippen LogP contribution in [0.2, 0.25) is 0 Å². The third-order valence-corrected chi connectivity index (χ3v) is 9.02. The fraction of sp³-hybridized carbons (Fsp3) is 0.500. The number of methoxy groups -OCH3 is 1. The van der Waals surface area contributed by atoms with Gasteiger partial charge in [-0.15, -0.1) is 0 Å². The van der Waals surface area contributed by atoms with Gasteiger partial charge in [0.05, 0.1) is 0 Å². The Kier molecular flexibility index (Phi) is 14.2. The average molecular weight is 611 g/mol. The molecule has 0 radical (unpaired) electrons. The molecule has 4 rings (SSSR count). The maximum Gasteiger partial charge on any atom is 0.212 e. The zero-order chi connectivity index (χ0) is 31.9. The highest BCUT2D eigenvalue weighted by Crippen LogP contribution is 2.36. The van der Waals surface area contributed by atoms with Crippen molar-refractivity contribution in [1.29, 1.82) is 0 Å². The highest BCUT2D eigenvalue weighted by atomic mass is 16.5. The van der Waals surface area contributed by atoms with E-state index in [1.807, 2.05) is 24.3 Å². The second kappa shape index (κ2) is 18.5. The Hall–Kier alpha value is -3.44. The highest BCUT2D eigenvalue weighted by molar-refractivity contribution is 6.40. The van der Waals surface area contributed by atoms with E-state index in [2.05, 4.69) is 65.8 Å². The molecule has 0 N–H and O–H groups in total. The van der Waals surface area contributed by atoms with Crippen LogP contribution in [0.25, 0.3) is 22.6 Å². The van der Waals surface area contributed by atoms with Crippen molar-refractivity contribution in [3.63, 3.8) is 0 Å². The smallest absolute Gasteiger partial charge is 0.212 e. The van der Waals surface area contributed by atoms with Gasteiger partial charge in [-0.3, -0.25) is 4.79 Å². The van der Waals surface area contributed by atoms with Crippen molar-refractivity contribution in [3.05, 3.63) is 83.3 Å². The number of allylic oxidation sites excluding steroid dienone is 2. The fourth-order valence-corrected chi connectivity index (χ4v) is 6.27. The summed E-state index contributed by atoms with van der Waals surface area (Å²) in [6.07, 6.45) is 17.5. The number of ether oxygens (including phenoxy) is 1. The highest BCUT2D eigenvalue weighted by Gasteiger charge is 2.29. The molecule has 1 heterocycles. The molecule has 0 fully saturated rings. The van der Waals surface area contributed by atoms with E-state index in [-0.39, 0.29) is 17.1 Å². The number of hydrogen-bond acceptors (Lipinski definition) is 4.